The topological polar surface area (TPSA) is 28.5 Å². The van der Waals surface area contributed by atoms with Crippen LogP contribution in [0.15, 0.2) is 58.9 Å². The van der Waals surface area contributed by atoms with Crippen molar-refractivity contribution >= 4 is 35.0 Å². The van der Waals surface area contributed by atoms with Gasteiger partial charge < -0.3 is 4.90 Å². The molecule has 0 atom stereocenters. The summed E-state index contributed by atoms with van der Waals surface area (Å²) >= 11 is 7.63. The van der Waals surface area contributed by atoms with E-state index in [2.05, 4.69) is 29.4 Å². The highest BCUT2D eigenvalue weighted by Gasteiger charge is 2.06. The molecule has 1 aromatic heterocycles. The summed E-state index contributed by atoms with van der Waals surface area (Å²) in [7, 11) is 2.01. The summed E-state index contributed by atoms with van der Waals surface area (Å²) in [5, 5.41) is 3.94. The molecule has 0 aliphatic rings. The molecule has 0 unspecified atom stereocenters. The number of hydrogen-bond donors (Lipinski definition) is 0. The van der Waals surface area contributed by atoms with E-state index >= 15 is 0 Å². The van der Waals surface area contributed by atoms with Crippen molar-refractivity contribution in [1.82, 2.24) is 9.88 Å². The molecule has 0 amide bonds. The number of nitrogens with zero attached hydrogens (tertiary/aromatic N) is 3. The van der Waals surface area contributed by atoms with E-state index in [0.717, 1.165) is 39.9 Å². The minimum absolute atomic E-state index is 0.743. The minimum atomic E-state index is 0.743. The Morgan fingerprint density at radius 1 is 1.12 bits per heavy atom. The van der Waals surface area contributed by atoms with Gasteiger partial charge in [0.2, 0.25) is 0 Å². The Kier molecular flexibility index (Phi) is 5.84. The standard InChI is InChI=1S/C20H20ClN3S/c1-3-24(2)14-22-18-10-4-15(5-11-18)12-20-23-19(13-25-20)16-6-8-17(21)9-7-16/h4-11,13-14H,3,12H2,1-2H3/b22-14+. The highest BCUT2D eigenvalue weighted by Crippen LogP contribution is 2.25. The van der Waals surface area contributed by atoms with Gasteiger partial charge >= 0.3 is 0 Å². The van der Waals surface area contributed by atoms with Crippen LogP contribution in [0.4, 0.5) is 5.69 Å². The summed E-state index contributed by atoms with van der Waals surface area (Å²) in [5.41, 5.74) is 4.29. The van der Waals surface area contributed by atoms with Gasteiger partial charge in [-0.15, -0.1) is 11.3 Å². The molecule has 5 heteroatoms. The molecule has 0 aliphatic heterocycles. The predicted molar refractivity (Wildman–Crippen MR) is 108 cm³/mol. The van der Waals surface area contributed by atoms with E-state index in [4.69, 9.17) is 16.6 Å². The van der Waals surface area contributed by atoms with Crippen LogP contribution in [0.25, 0.3) is 11.3 Å². The normalized spacial score (nSPS) is 11.2. The number of aliphatic imine (C=N–C) groups is 1. The average molecular weight is 370 g/mol. The first-order valence-electron chi connectivity index (χ1n) is 8.18. The number of rotatable bonds is 6. The third kappa shape index (κ3) is 4.91. The Balaban J connectivity index is 1.67. The lowest BCUT2D eigenvalue weighted by Gasteiger charge is -2.07. The van der Waals surface area contributed by atoms with Gasteiger partial charge in [-0.25, -0.2) is 9.98 Å². The van der Waals surface area contributed by atoms with Gasteiger partial charge in [0.1, 0.15) is 0 Å². The van der Waals surface area contributed by atoms with Gasteiger partial charge in [0.25, 0.3) is 0 Å². The van der Waals surface area contributed by atoms with Crippen molar-refractivity contribution in [2.24, 2.45) is 4.99 Å². The second-order valence-corrected chi connectivity index (χ2v) is 7.17. The Labute approximate surface area is 157 Å². The van der Waals surface area contributed by atoms with Crippen LogP contribution in [0.2, 0.25) is 5.02 Å². The highest BCUT2D eigenvalue weighted by atomic mass is 35.5. The zero-order valence-electron chi connectivity index (χ0n) is 14.3. The van der Waals surface area contributed by atoms with Gasteiger partial charge in [0.15, 0.2) is 0 Å². The minimum Gasteiger partial charge on any atom is -0.366 e. The van der Waals surface area contributed by atoms with Crippen LogP contribution in [0.3, 0.4) is 0 Å². The summed E-state index contributed by atoms with van der Waals surface area (Å²) in [6.07, 6.45) is 2.69. The van der Waals surface area contributed by atoms with E-state index in [1.807, 2.05) is 54.7 Å². The van der Waals surface area contributed by atoms with Crippen molar-refractivity contribution in [3.05, 3.63) is 69.5 Å². The average Bonchev–Trinajstić information content (AvgIpc) is 3.10. The number of hydrogen-bond acceptors (Lipinski definition) is 3. The summed E-state index contributed by atoms with van der Waals surface area (Å²) < 4.78 is 0. The van der Waals surface area contributed by atoms with Crippen LogP contribution < -0.4 is 0 Å². The molecule has 0 N–H and O–H groups in total. The molecule has 25 heavy (non-hydrogen) atoms. The van der Waals surface area contributed by atoms with Crippen molar-refractivity contribution in [3.63, 3.8) is 0 Å². The fourth-order valence-electron chi connectivity index (χ4n) is 2.27. The van der Waals surface area contributed by atoms with Gasteiger partial charge in [0.05, 0.1) is 22.7 Å². The van der Waals surface area contributed by atoms with Crippen LogP contribution >= 0.6 is 22.9 Å². The van der Waals surface area contributed by atoms with Crippen molar-refractivity contribution in [3.8, 4) is 11.3 Å². The van der Waals surface area contributed by atoms with E-state index in [0.29, 0.717) is 0 Å². The van der Waals surface area contributed by atoms with Crippen LogP contribution in [-0.4, -0.2) is 29.8 Å². The Morgan fingerprint density at radius 2 is 1.84 bits per heavy atom. The number of halogens is 1. The monoisotopic (exact) mass is 369 g/mol. The van der Waals surface area contributed by atoms with Crippen LogP contribution in [-0.2, 0) is 6.42 Å². The summed E-state index contributed by atoms with van der Waals surface area (Å²) in [5.74, 6) is 0. The molecule has 0 radical (unpaired) electrons. The maximum absolute atomic E-state index is 5.94. The molecule has 0 bridgehead atoms. The summed E-state index contributed by atoms with van der Waals surface area (Å²) in [6.45, 7) is 3.04. The molecule has 2 aromatic carbocycles. The maximum atomic E-state index is 5.94. The first-order valence-corrected chi connectivity index (χ1v) is 9.43. The molecule has 0 saturated heterocycles. The Hall–Kier alpha value is -2.17. The molecule has 0 spiro atoms. The second kappa shape index (κ2) is 8.28. The first kappa shape index (κ1) is 17.6. The lowest BCUT2D eigenvalue weighted by atomic mass is 10.1. The molecule has 0 aliphatic carbocycles. The molecule has 128 valence electrons. The van der Waals surface area contributed by atoms with E-state index in [1.165, 1.54) is 5.56 Å². The van der Waals surface area contributed by atoms with Gasteiger partial charge in [-0.05, 0) is 36.8 Å². The molecular formula is C20H20ClN3S. The van der Waals surface area contributed by atoms with Crippen LogP contribution in [0, 0.1) is 0 Å². The fourth-order valence-corrected chi connectivity index (χ4v) is 3.23. The lowest BCUT2D eigenvalue weighted by Crippen LogP contribution is -2.14. The van der Waals surface area contributed by atoms with Gasteiger partial charge in [-0.3, -0.25) is 0 Å². The number of benzene rings is 2. The fraction of sp³-hybridized carbons (Fsp3) is 0.200. The Morgan fingerprint density at radius 3 is 2.52 bits per heavy atom. The van der Waals surface area contributed by atoms with Gasteiger partial charge in [0, 0.05) is 36.0 Å². The number of aromatic nitrogens is 1. The third-order valence-electron chi connectivity index (χ3n) is 3.89. The summed E-state index contributed by atoms with van der Waals surface area (Å²) in [4.78, 5) is 11.2. The predicted octanol–water partition coefficient (Wildman–Crippen LogP) is 5.67. The van der Waals surface area contributed by atoms with E-state index in [-0.39, 0.29) is 0 Å². The highest BCUT2D eigenvalue weighted by molar-refractivity contribution is 7.10. The van der Waals surface area contributed by atoms with Crippen molar-refractivity contribution in [2.75, 3.05) is 13.6 Å². The van der Waals surface area contributed by atoms with Gasteiger partial charge in [-0.1, -0.05) is 35.9 Å². The zero-order valence-corrected chi connectivity index (χ0v) is 15.9. The van der Waals surface area contributed by atoms with Crippen LogP contribution in [0.1, 0.15) is 17.5 Å². The molecule has 0 fully saturated rings. The zero-order chi connectivity index (χ0) is 17.6. The quantitative estimate of drug-likeness (QED) is 0.414. The lowest BCUT2D eigenvalue weighted by molar-refractivity contribution is 0.552. The third-order valence-corrected chi connectivity index (χ3v) is 4.99. The van der Waals surface area contributed by atoms with Crippen molar-refractivity contribution in [2.45, 2.75) is 13.3 Å². The molecule has 3 aromatic rings. The second-order valence-electron chi connectivity index (χ2n) is 5.79. The largest absolute Gasteiger partial charge is 0.366 e. The molecule has 3 nitrogen and oxygen atoms in total. The maximum Gasteiger partial charge on any atom is 0.0976 e. The van der Waals surface area contributed by atoms with E-state index in [9.17, 15) is 0 Å². The first-order chi connectivity index (χ1) is 12.1. The molecular weight excluding hydrogens is 350 g/mol. The van der Waals surface area contributed by atoms with E-state index in [1.54, 1.807) is 11.3 Å². The smallest absolute Gasteiger partial charge is 0.0976 e. The van der Waals surface area contributed by atoms with E-state index < -0.39 is 0 Å². The van der Waals surface area contributed by atoms with Crippen LogP contribution in [0.5, 0.6) is 0 Å². The Bertz CT molecular complexity index is 838. The summed E-state index contributed by atoms with van der Waals surface area (Å²) in [6, 6.07) is 16.1. The van der Waals surface area contributed by atoms with Gasteiger partial charge in [-0.2, -0.15) is 0 Å². The van der Waals surface area contributed by atoms with Crippen molar-refractivity contribution in [1.29, 1.82) is 0 Å². The SMILES string of the molecule is CCN(C)/C=N/c1ccc(Cc2nc(-c3ccc(Cl)cc3)cs2)cc1. The molecule has 3 rings (SSSR count). The number of thiazole rings is 1. The van der Waals surface area contributed by atoms with Crippen molar-refractivity contribution < 1.29 is 0 Å². The molecule has 1 heterocycles. The molecule has 0 saturated carbocycles.